The van der Waals surface area contributed by atoms with Gasteiger partial charge in [-0.1, -0.05) is 18.6 Å². The SMILES string of the molecule is NC(=O)c1ccccc1NC(=O)COC(=O)C1C[C@H]2CCC[C@H](C1)C2=O. The summed E-state index contributed by atoms with van der Waals surface area (Å²) in [5, 5.41) is 2.53. The Labute approximate surface area is 151 Å². The minimum absolute atomic E-state index is 0.0451. The Kier molecular flexibility index (Phi) is 5.35. The molecule has 0 radical (unpaired) electrons. The van der Waals surface area contributed by atoms with Gasteiger partial charge in [0.15, 0.2) is 6.61 Å². The van der Waals surface area contributed by atoms with Crippen molar-refractivity contribution in [3.05, 3.63) is 29.8 Å². The zero-order chi connectivity index (χ0) is 18.7. The van der Waals surface area contributed by atoms with Crippen molar-refractivity contribution in [2.45, 2.75) is 32.1 Å². The molecule has 2 atom stereocenters. The molecular formula is C19H22N2O5. The Hall–Kier alpha value is -2.70. The van der Waals surface area contributed by atoms with E-state index in [9.17, 15) is 19.2 Å². The van der Waals surface area contributed by atoms with Crippen LogP contribution in [0.4, 0.5) is 5.69 Å². The molecular weight excluding hydrogens is 336 g/mol. The molecule has 1 aromatic carbocycles. The number of benzene rings is 1. The van der Waals surface area contributed by atoms with Crippen molar-refractivity contribution in [1.82, 2.24) is 0 Å². The van der Waals surface area contributed by atoms with Crippen molar-refractivity contribution in [2.24, 2.45) is 23.5 Å². The highest BCUT2D eigenvalue weighted by Gasteiger charge is 2.41. The topological polar surface area (TPSA) is 116 Å². The van der Waals surface area contributed by atoms with Gasteiger partial charge < -0.3 is 15.8 Å². The van der Waals surface area contributed by atoms with Crippen molar-refractivity contribution in [1.29, 1.82) is 0 Å². The molecule has 2 amide bonds. The summed E-state index contributed by atoms with van der Waals surface area (Å²) < 4.78 is 5.14. The van der Waals surface area contributed by atoms with Crippen molar-refractivity contribution >= 4 is 29.3 Å². The van der Waals surface area contributed by atoms with Gasteiger partial charge in [-0.2, -0.15) is 0 Å². The smallest absolute Gasteiger partial charge is 0.309 e. The van der Waals surface area contributed by atoms with E-state index in [1.807, 2.05) is 0 Å². The first-order chi connectivity index (χ1) is 12.5. The zero-order valence-corrected chi connectivity index (χ0v) is 14.4. The molecule has 0 aromatic heterocycles. The fourth-order valence-corrected chi connectivity index (χ4v) is 3.92. The van der Waals surface area contributed by atoms with E-state index in [1.165, 1.54) is 6.07 Å². The van der Waals surface area contributed by atoms with Crippen molar-refractivity contribution in [2.75, 3.05) is 11.9 Å². The Morgan fingerprint density at radius 2 is 1.77 bits per heavy atom. The second-order valence-corrected chi connectivity index (χ2v) is 6.96. The molecule has 0 saturated heterocycles. The van der Waals surface area contributed by atoms with Gasteiger partial charge in [0, 0.05) is 11.8 Å². The van der Waals surface area contributed by atoms with E-state index in [-0.39, 0.29) is 34.8 Å². The van der Waals surface area contributed by atoms with E-state index in [0.717, 1.165) is 19.3 Å². The van der Waals surface area contributed by atoms with Crippen LogP contribution in [0.5, 0.6) is 0 Å². The van der Waals surface area contributed by atoms with E-state index in [4.69, 9.17) is 10.5 Å². The molecule has 3 N–H and O–H groups in total. The normalized spacial score (nSPS) is 24.6. The van der Waals surface area contributed by atoms with Crippen LogP contribution in [-0.4, -0.2) is 30.2 Å². The van der Waals surface area contributed by atoms with Gasteiger partial charge in [0.25, 0.3) is 11.8 Å². The minimum atomic E-state index is -0.656. The largest absolute Gasteiger partial charge is 0.455 e. The van der Waals surface area contributed by atoms with Crippen LogP contribution >= 0.6 is 0 Å². The molecule has 7 nitrogen and oxygen atoms in total. The number of rotatable bonds is 5. The Balaban J connectivity index is 1.53. The van der Waals surface area contributed by atoms with Gasteiger partial charge in [0.05, 0.1) is 17.2 Å². The van der Waals surface area contributed by atoms with Gasteiger partial charge in [-0.15, -0.1) is 0 Å². The summed E-state index contributed by atoms with van der Waals surface area (Å²) in [5.41, 5.74) is 5.73. The number of nitrogens with two attached hydrogens (primary N) is 1. The van der Waals surface area contributed by atoms with Crippen molar-refractivity contribution < 1.29 is 23.9 Å². The summed E-state index contributed by atoms with van der Waals surface area (Å²) >= 11 is 0. The van der Waals surface area contributed by atoms with E-state index >= 15 is 0 Å². The molecule has 1 aromatic rings. The molecule has 2 aliphatic rings. The molecule has 0 unspecified atom stereocenters. The maximum Gasteiger partial charge on any atom is 0.309 e. The fourth-order valence-electron chi connectivity index (χ4n) is 3.92. The summed E-state index contributed by atoms with van der Waals surface area (Å²) in [6, 6.07) is 6.35. The number of primary amides is 1. The summed E-state index contributed by atoms with van der Waals surface area (Å²) in [4.78, 5) is 47.7. The van der Waals surface area contributed by atoms with Crippen molar-refractivity contribution in [3.63, 3.8) is 0 Å². The third-order valence-electron chi connectivity index (χ3n) is 5.19. The predicted octanol–water partition coefficient (Wildman–Crippen LogP) is 1.66. The van der Waals surface area contributed by atoms with Crippen molar-refractivity contribution in [3.8, 4) is 0 Å². The fraction of sp³-hybridized carbons (Fsp3) is 0.474. The molecule has 3 rings (SSSR count). The zero-order valence-electron chi connectivity index (χ0n) is 14.4. The number of ketones is 1. The predicted molar refractivity (Wildman–Crippen MR) is 93.1 cm³/mol. The van der Waals surface area contributed by atoms with E-state index < -0.39 is 24.4 Å². The van der Waals surface area contributed by atoms with Crippen LogP contribution in [0.25, 0.3) is 0 Å². The number of nitrogens with one attached hydrogen (secondary N) is 1. The Morgan fingerprint density at radius 3 is 2.42 bits per heavy atom. The van der Waals surface area contributed by atoms with Crippen LogP contribution in [0.1, 0.15) is 42.5 Å². The van der Waals surface area contributed by atoms with E-state index in [1.54, 1.807) is 18.2 Å². The monoisotopic (exact) mass is 358 g/mol. The lowest BCUT2D eigenvalue weighted by Crippen LogP contribution is -2.40. The van der Waals surface area contributed by atoms with E-state index in [0.29, 0.717) is 12.8 Å². The molecule has 138 valence electrons. The first kappa shape index (κ1) is 18.1. The number of fused-ring (bicyclic) bond motifs is 2. The number of Topliss-reactive ketones (excluding diaryl/α,β-unsaturated/α-hetero) is 1. The highest BCUT2D eigenvalue weighted by atomic mass is 16.5. The minimum Gasteiger partial charge on any atom is -0.455 e. The van der Waals surface area contributed by atoms with Gasteiger partial charge in [-0.25, -0.2) is 0 Å². The quantitative estimate of drug-likeness (QED) is 0.777. The molecule has 0 heterocycles. The molecule has 26 heavy (non-hydrogen) atoms. The number of carbonyl (C=O) groups is 4. The summed E-state index contributed by atoms with van der Waals surface area (Å²) in [7, 11) is 0. The van der Waals surface area contributed by atoms with Crippen LogP contribution in [0.15, 0.2) is 24.3 Å². The van der Waals surface area contributed by atoms with Gasteiger partial charge in [-0.3, -0.25) is 19.2 Å². The second-order valence-electron chi connectivity index (χ2n) is 6.96. The third-order valence-corrected chi connectivity index (χ3v) is 5.19. The first-order valence-electron chi connectivity index (χ1n) is 8.84. The number of hydrogen-bond acceptors (Lipinski definition) is 5. The molecule has 2 saturated carbocycles. The van der Waals surface area contributed by atoms with Gasteiger partial charge in [-0.05, 0) is 37.8 Å². The third kappa shape index (κ3) is 3.92. The van der Waals surface area contributed by atoms with Crippen LogP contribution in [-0.2, 0) is 19.1 Å². The van der Waals surface area contributed by atoms with E-state index in [2.05, 4.69) is 5.32 Å². The average molecular weight is 358 g/mol. The number of carbonyl (C=O) groups excluding carboxylic acids is 4. The molecule has 2 fully saturated rings. The van der Waals surface area contributed by atoms with Gasteiger partial charge in [0.2, 0.25) is 0 Å². The van der Waals surface area contributed by atoms with Crippen LogP contribution in [0, 0.1) is 17.8 Å². The van der Waals surface area contributed by atoms with Crippen LogP contribution < -0.4 is 11.1 Å². The van der Waals surface area contributed by atoms with Crippen LogP contribution in [0.2, 0.25) is 0 Å². The number of para-hydroxylation sites is 1. The number of hydrogen-bond donors (Lipinski definition) is 2. The number of amides is 2. The lowest BCUT2D eigenvalue weighted by molar-refractivity contribution is -0.155. The lowest BCUT2D eigenvalue weighted by Gasteiger charge is -2.36. The second kappa shape index (κ2) is 7.68. The maximum atomic E-state index is 12.3. The summed E-state index contributed by atoms with van der Waals surface area (Å²) in [5.74, 6) is -1.77. The first-order valence-corrected chi connectivity index (χ1v) is 8.84. The number of esters is 1. The average Bonchev–Trinajstić information content (AvgIpc) is 2.59. The molecule has 2 bridgehead atoms. The molecule has 7 heteroatoms. The number of ether oxygens (including phenoxy) is 1. The highest BCUT2D eigenvalue weighted by Crippen LogP contribution is 2.40. The molecule has 2 aliphatic carbocycles. The molecule has 0 aliphatic heterocycles. The maximum absolute atomic E-state index is 12.3. The van der Waals surface area contributed by atoms with Gasteiger partial charge in [0.1, 0.15) is 5.78 Å². The van der Waals surface area contributed by atoms with Gasteiger partial charge >= 0.3 is 5.97 Å². The standard InChI is InChI=1S/C19H22N2O5/c20-18(24)14-6-1-2-7-15(14)21-16(22)10-26-19(25)13-8-11-4-3-5-12(9-13)17(11)23/h1-2,6-7,11-13H,3-5,8-10H2,(H2,20,24)(H,21,22)/t11-,12-/m1/s1. The lowest BCUT2D eigenvalue weighted by atomic mass is 9.67. The van der Waals surface area contributed by atoms with Crippen LogP contribution in [0.3, 0.4) is 0 Å². The Bertz CT molecular complexity index is 729. The Morgan fingerprint density at radius 1 is 1.12 bits per heavy atom. The summed E-state index contributed by atoms with van der Waals surface area (Å²) in [6.07, 6.45) is 3.73. The molecule has 0 spiro atoms. The highest BCUT2D eigenvalue weighted by molar-refractivity contribution is 6.03. The summed E-state index contributed by atoms with van der Waals surface area (Å²) in [6.45, 7) is -0.439. The number of anilines is 1.